The lowest BCUT2D eigenvalue weighted by molar-refractivity contribution is -0.135. The van der Waals surface area contributed by atoms with Gasteiger partial charge in [-0.15, -0.1) is 0 Å². The first-order chi connectivity index (χ1) is 12.8. The first-order valence-corrected chi connectivity index (χ1v) is 10.2. The van der Waals surface area contributed by atoms with Gasteiger partial charge in [0.05, 0.1) is 20.6 Å². The van der Waals surface area contributed by atoms with Gasteiger partial charge in [0.1, 0.15) is 6.61 Å². The van der Waals surface area contributed by atoms with Crippen LogP contribution in [-0.4, -0.2) is 42.4 Å². The number of hydrogen-bond acceptors (Lipinski definition) is 2. The number of carbonyl (C=O) groups is 1. The number of hydrogen-bond donors (Lipinski definition) is 0. The fraction of sp³-hybridized carbons (Fsp3) is 0.667. The molecule has 0 bridgehead atoms. The van der Waals surface area contributed by atoms with Gasteiger partial charge in [-0.3, -0.25) is 0 Å². The Labute approximate surface area is 168 Å². The van der Waals surface area contributed by atoms with E-state index in [1.807, 2.05) is 6.08 Å². The van der Waals surface area contributed by atoms with Crippen molar-refractivity contribution in [2.45, 2.75) is 58.7 Å². The maximum atomic E-state index is 12.1. The third-order valence-corrected chi connectivity index (χ3v) is 7.78. The molecule has 0 spiro atoms. The molecule has 2 fully saturated rings. The summed E-state index contributed by atoms with van der Waals surface area (Å²) in [4.78, 5) is 12.1. The molecule has 3 rings (SSSR count). The maximum absolute atomic E-state index is 12.1. The topological polar surface area (TPSA) is 26.3 Å². The van der Waals surface area contributed by atoms with E-state index in [-0.39, 0.29) is 28.5 Å². The highest BCUT2D eigenvalue weighted by Crippen LogP contribution is 2.65. The van der Waals surface area contributed by atoms with Gasteiger partial charge in [-0.1, -0.05) is 69.2 Å². The first-order valence-electron chi connectivity index (χ1n) is 10.2. The van der Waals surface area contributed by atoms with Gasteiger partial charge in [-0.2, -0.15) is 0 Å². The number of allylic oxidation sites excluding steroid dienone is 2. The van der Waals surface area contributed by atoms with Crippen molar-refractivity contribution < 1.29 is 9.53 Å². The summed E-state index contributed by atoms with van der Waals surface area (Å²) in [5, 5.41) is 0. The zero-order valence-electron chi connectivity index (χ0n) is 17.0. The molecule has 27 heavy (non-hydrogen) atoms. The van der Waals surface area contributed by atoms with Crippen LogP contribution in [0.2, 0.25) is 5.82 Å². The Morgan fingerprint density at radius 2 is 2.11 bits per heavy atom. The molecule has 136 valence electrons. The zero-order chi connectivity index (χ0) is 19.8. The lowest BCUT2D eigenvalue weighted by Gasteiger charge is -2.61. The van der Waals surface area contributed by atoms with E-state index in [1.165, 1.54) is 12.6 Å². The summed E-state index contributed by atoms with van der Waals surface area (Å²) in [6.45, 7) is 11.7. The van der Waals surface area contributed by atoms with Gasteiger partial charge in [-0.25, -0.2) is 4.79 Å². The third kappa shape index (κ3) is 3.42. The lowest BCUT2D eigenvalue weighted by Crippen LogP contribution is -2.52. The van der Waals surface area contributed by atoms with E-state index in [0.29, 0.717) is 18.1 Å². The second-order valence-corrected chi connectivity index (χ2v) is 8.97. The maximum Gasteiger partial charge on any atom is 0.337 e. The molecule has 6 heteroatoms. The number of rotatable bonds is 5. The van der Waals surface area contributed by atoms with Crippen LogP contribution in [0.3, 0.4) is 0 Å². The summed E-state index contributed by atoms with van der Waals surface area (Å²) < 4.78 is 5.18. The van der Waals surface area contributed by atoms with Crippen LogP contribution < -0.4 is 0 Å². The van der Waals surface area contributed by atoms with Crippen molar-refractivity contribution in [3.63, 3.8) is 0 Å². The molecule has 0 amide bonds. The second kappa shape index (κ2) is 7.76. The van der Waals surface area contributed by atoms with Crippen molar-refractivity contribution in [3.05, 3.63) is 35.3 Å². The molecule has 0 aromatic rings. The standard InChI is InChI=1S/C21H28B4O2/c1-5-20(3)17-9-6-13(2)15(21(17,4)11-10-18(20)22)8-7-14-16(24-25-23)12-27-19(14)26/h7-8,15,17-18H,2,5-6,9-12H2,1,3-4H3/b8-7+. The van der Waals surface area contributed by atoms with E-state index in [1.54, 1.807) is 7.17 Å². The normalized spacial score (nSPS) is 39.4. The summed E-state index contributed by atoms with van der Waals surface area (Å²) in [6.07, 6.45) is 9.54. The average molecular weight is 356 g/mol. The van der Waals surface area contributed by atoms with E-state index < -0.39 is 0 Å². The van der Waals surface area contributed by atoms with Crippen LogP contribution in [-0.2, 0) is 9.53 Å². The Kier molecular flexibility index (Phi) is 5.94. The molecule has 3 aliphatic rings. The van der Waals surface area contributed by atoms with Crippen molar-refractivity contribution in [1.82, 2.24) is 0 Å². The van der Waals surface area contributed by atoms with Crippen molar-refractivity contribution in [2.75, 3.05) is 6.61 Å². The molecular formula is C21H28B4O2. The van der Waals surface area contributed by atoms with Crippen LogP contribution in [0.5, 0.6) is 0 Å². The zero-order valence-corrected chi connectivity index (χ0v) is 17.0. The van der Waals surface area contributed by atoms with Gasteiger partial charge in [0.2, 0.25) is 0 Å². The van der Waals surface area contributed by atoms with Gasteiger partial charge in [0, 0.05) is 20.7 Å². The van der Waals surface area contributed by atoms with E-state index in [4.69, 9.17) is 20.3 Å². The first kappa shape index (κ1) is 20.7. The van der Waals surface area contributed by atoms with Gasteiger partial charge in [0.15, 0.2) is 0 Å². The van der Waals surface area contributed by atoms with Crippen molar-refractivity contribution >= 4 is 35.8 Å². The number of fused-ring (bicyclic) bond motifs is 1. The molecule has 1 aliphatic heterocycles. The lowest BCUT2D eigenvalue weighted by atomic mass is 9.25. The predicted molar refractivity (Wildman–Crippen MR) is 115 cm³/mol. The minimum absolute atomic E-state index is 0.124. The van der Waals surface area contributed by atoms with Crippen LogP contribution in [0.25, 0.3) is 0 Å². The number of esters is 1. The average Bonchev–Trinajstić information content (AvgIpc) is 2.98. The summed E-state index contributed by atoms with van der Waals surface area (Å²) in [6, 6.07) is 0. The van der Waals surface area contributed by atoms with Crippen molar-refractivity contribution in [1.29, 1.82) is 0 Å². The van der Waals surface area contributed by atoms with Gasteiger partial charge < -0.3 is 4.74 Å². The number of carbonyl (C=O) groups excluding carboxylic acids is 1. The number of ether oxygens (including phenoxy) is 1. The molecular weight excluding hydrogens is 327 g/mol. The highest BCUT2D eigenvalue weighted by molar-refractivity contribution is 7.26. The monoisotopic (exact) mass is 356 g/mol. The minimum atomic E-state index is -0.272. The highest BCUT2D eigenvalue weighted by Gasteiger charge is 2.55. The van der Waals surface area contributed by atoms with Crippen LogP contribution in [0.15, 0.2) is 35.3 Å². The molecule has 2 nitrogen and oxygen atoms in total. The quantitative estimate of drug-likeness (QED) is 0.428. The van der Waals surface area contributed by atoms with Crippen LogP contribution in [0.1, 0.15) is 52.9 Å². The molecule has 2 aliphatic carbocycles. The van der Waals surface area contributed by atoms with Crippen LogP contribution in [0.4, 0.5) is 0 Å². The van der Waals surface area contributed by atoms with Crippen molar-refractivity contribution in [3.8, 4) is 0 Å². The third-order valence-electron chi connectivity index (χ3n) is 7.78. The Bertz CT molecular complexity index is 686. The largest absolute Gasteiger partial charge is 0.458 e. The molecule has 0 aromatic heterocycles. The Morgan fingerprint density at radius 3 is 2.78 bits per heavy atom. The van der Waals surface area contributed by atoms with Crippen LogP contribution >= 0.6 is 0 Å². The predicted octanol–water partition coefficient (Wildman–Crippen LogP) is 3.52. The molecule has 2 saturated carbocycles. The van der Waals surface area contributed by atoms with E-state index >= 15 is 0 Å². The molecule has 5 unspecified atom stereocenters. The summed E-state index contributed by atoms with van der Waals surface area (Å²) in [7, 11) is 15.3. The summed E-state index contributed by atoms with van der Waals surface area (Å²) in [5.41, 5.74) is 2.99. The number of cyclic esters (lactones) is 1. The van der Waals surface area contributed by atoms with E-state index in [0.717, 1.165) is 37.6 Å². The van der Waals surface area contributed by atoms with Gasteiger partial charge in [-0.05, 0) is 36.0 Å². The second-order valence-electron chi connectivity index (χ2n) is 8.97. The van der Waals surface area contributed by atoms with E-state index in [2.05, 4.69) is 33.4 Å². The molecule has 0 saturated heterocycles. The molecule has 0 aromatic carbocycles. The SMILES string of the molecule is [B][B][B]C1=C(/C=C/C2C(=C)CCC3C(C)(CC)C([B])CCC23C)C(=O)OC1. The highest BCUT2D eigenvalue weighted by atomic mass is 16.5. The summed E-state index contributed by atoms with van der Waals surface area (Å²) in [5.74, 6) is 0.794. The van der Waals surface area contributed by atoms with Gasteiger partial charge >= 0.3 is 5.97 Å². The van der Waals surface area contributed by atoms with Crippen LogP contribution in [0, 0.1) is 22.7 Å². The molecule has 0 N–H and O–H groups in total. The fourth-order valence-electron chi connectivity index (χ4n) is 5.88. The molecule has 5 atom stereocenters. The molecule has 6 radical (unpaired) electrons. The summed E-state index contributed by atoms with van der Waals surface area (Å²) >= 11 is 0. The smallest absolute Gasteiger partial charge is 0.337 e. The Hall–Kier alpha value is -1.05. The Balaban J connectivity index is 1.93. The van der Waals surface area contributed by atoms with Gasteiger partial charge in [0.25, 0.3) is 0 Å². The molecule has 1 heterocycles. The minimum Gasteiger partial charge on any atom is -0.458 e. The fourth-order valence-corrected chi connectivity index (χ4v) is 5.88. The van der Waals surface area contributed by atoms with Crippen molar-refractivity contribution in [2.24, 2.45) is 22.7 Å². The Morgan fingerprint density at radius 1 is 1.37 bits per heavy atom. The van der Waals surface area contributed by atoms with E-state index in [9.17, 15) is 4.79 Å².